The number of methoxy groups -OCH3 is 1. The second-order valence-corrected chi connectivity index (χ2v) is 3.96. The largest absolute Gasteiger partial charge is 0.496 e. The Hall–Kier alpha value is -1.71. The van der Waals surface area contributed by atoms with E-state index in [1.165, 1.54) is 7.11 Å². The summed E-state index contributed by atoms with van der Waals surface area (Å²) in [4.78, 5) is 11.9. The normalized spacial score (nSPS) is 11.9. The molecule has 2 N–H and O–H groups in total. The third-order valence-corrected chi connectivity index (χ3v) is 2.45. The Labute approximate surface area is 102 Å². The summed E-state index contributed by atoms with van der Waals surface area (Å²) in [5.74, 6) is 0.0708. The van der Waals surface area contributed by atoms with Gasteiger partial charge in [0.15, 0.2) is 0 Å². The number of ether oxygens (including phenoxy) is 2. The first kappa shape index (κ1) is 13.4. The van der Waals surface area contributed by atoms with Crippen LogP contribution in [0.2, 0.25) is 0 Å². The maximum absolute atomic E-state index is 11.9. The van der Waals surface area contributed by atoms with E-state index in [-0.39, 0.29) is 12.1 Å². The lowest BCUT2D eigenvalue weighted by Crippen LogP contribution is -2.15. The molecule has 0 aliphatic rings. The van der Waals surface area contributed by atoms with E-state index in [0.29, 0.717) is 17.0 Å². The Morgan fingerprint density at radius 3 is 2.76 bits per heavy atom. The molecule has 0 saturated carbocycles. The highest BCUT2D eigenvalue weighted by molar-refractivity contribution is 5.93. The Bertz CT molecular complexity index is 390. The molecule has 0 amide bonds. The van der Waals surface area contributed by atoms with Gasteiger partial charge in [0.1, 0.15) is 11.3 Å². The lowest BCUT2D eigenvalue weighted by Gasteiger charge is -2.14. The molecule has 0 spiro atoms. The van der Waals surface area contributed by atoms with Crippen molar-refractivity contribution in [1.29, 1.82) is 0 Å². The second kappa shape index (κ2) is 6.13. The number of esters is 1. The summed E-state index contributed by atoms with van der Waals surface area (Å²) in [5, 5.41) is 0. The van der Waals surface area contributed by atoms with Crippen LogP contribution in [0.15, 0.2) is 18.2 Å². The van der Waals surface area contributed by atoms with Gasteiger partial charge in [-0.25, -0.2) is 4.79 Å². The van der Waals surface area contributed by atoms with E-state index in [9.17, 15) is 4.79 Å². The number of carbonyl (C=O) groups excluding carboxylic acids is 1. The van der Waals surface area contributed by atoms with Gasteiger partial charge in [-0.1, -0.05) is 13.3 Å². The minimum Gasteiger partial charge on any atom is -0.496 e. The SMILES string of the molecule is CCCC(C)OC(=O)c1ccc(N)cc1OC. The molecule has 0 radical (unpaired) electrons. The van der Waals surface area contributed by atoms with Crippen molar-refractivity contribution in [3.05, 3.63) is 23.8 Å². The van der Waals surface area contributed by atoms with Crippen LogP contribution in [0.25, 0.3) is 0 Å². The summed E-state index contributed by atoms with van der Waals surface area (Å²) in [7, 11) is 1.50. The maximum Gasteiger partial charge on any atom is 0.342 e. The highest BCUT2D eigenvalue weighted by atomic mass is 16.5. The van der Waals surface area contributed by atoms with Crippen LogP contribution in [-0.4, -0.2) is 19.2 Å². The molecule has 1 rings (SSSR count). The topological polar surface area (TPSA) is 61.5 Å². The smallest absolute Gasteiger partial charge is 0.342 e. The van der Waals surface area contributed by atoms with E-state index in [0.717, 1.165) is 12.8 Å². The monoisotopic (exact) mass is 237 g/mol. The van der Waals surface area contributed by atoms with E-state index in [1.54, 1.807) is 18.2 Å². The summed E-state index contributed by atoms with van der Waals surface area (Å²) in [5.41, 5.74) is 6.58. The third kappa shape index (κ3) is 3.66. The van der Waals surface area contributed by atoms with E-state index in [1.807, 2.05) is 13.8 Å². The number of nitrogen functional groups attached to an aromatic ring is 1. The molecule has 94 valence electrons. The second-order valence-electron chi connectivity index (χ2n) is 3.96. The van der Waals surface area contributed by atoms with Gasteiger partial charge in [-0.3, -0.25) is 0 Å². The maximum atomic E-state index is 11.9. The van der Waals surface area contributed by atoms with Gasteiger partial charge in [-0.2, -0.15) is 0 Å². The standard InChI is InChI=1S/C13H19NO3/c1-4-5-9(2)17-13(15)11-7-6-10(14)8-12(11)16-3/h6-9H,4-5,14H2,1-3H3. The first-order chi connectivity index (χ1) is 8.08. The number of benzene rings is 1. The highest BCUT2D eigenvalue weighted by Crippen LogP contribution is 2.22. The highest BCUT2D eigenvalue weighted by Gasteiger charge is 2.16. The van der Waals surface area contributed by atoms with Gasteiger partial charge >= 0.3 is 5.97 Å². The molecule has 0 bridgehead atoms. The molecule has 0 fully saturated rings. The number of anilines is 1. The predicted molar refractivity (Wildman–Crippen MR) is 67.2 cm³/mol. The van der Waals surface area contributed by atoms with Crippen molar-refractivity contribution >= 4 is 11.7 Å². The first-order valence-electron chi connectivity index (χ1n) is 5.73. The van der Waals surface area contributed by atoms with E-state index < -0.39 is 0 Å². The van der Waals surface area contributed by atoms with Crippen molar-refractivity contribution < 1.29 is 14.3 Å². The number of carbonyl (C=O) groups is 1. The fourth-order valence-electron chi connectivity index (χ4n) is 1.59. The molecule has 1 aromatic rings. The summed E-state index contributed by atoms with van der Waals surface area (Å²) in [6.07, 6.45) is 1.74. The van der Waals surface area contributed by atoms with E-state index in [4.69, 9.17) is 15.2 Å². The molecule has 0 aliphatic carbocycles. The fourth-order valence-corrected chi connectivity index (χ4v) is 1.59. The predicted octanol–water partition coefficient (Wildman–Crippen LogP) is 2.62. The molecule has 4 heteroatoms. The molecule has 1 atom stereocenters. The molecule has 17 heavy (non-hydrogen) atoms. The molecule has 4 nitrogen and oxygen atoms in total. The van der Waals surface area contributed by atoms with Crippen LogP contribution < -0.4 is 10.5 Å². The van der Waals surface area contributed by atoms with Gasteiger partial charge in [0.05, 0.1) is 13.2 Å². The van der Waals surface area contributed by atoms with Crippen LogP contribution in [0.1, 0.15) is 37.0 Å². The molecular formula is C13H19NO3. The zero-order valence-corrected chi connectivity index (χ0v) is 10.5. The average Bonchev–Trinajstić information content (AvgIpc) is 2.28. The summed E-state index contributed by atoms with van der Waals surface area (Å²) in [6, 6.07) is 4.89. The van der Waals surface area contributed by atoms with Crippen molar-refractivity contribution in [2.24, 2.45) is 0 Å². The van der Waals surface area contributed by atoms with Crippen molar-refractivity contribution in [2.45, 2.75) is 32.8 Å². The third-order valence-electron chi connectivity index (χ3n) is 2.45. The molecule has 0 heterocycles. The molecule has 0 saturated heterocycles. The van der Waals surface area contributed by atoms with Crippen molar-refractivity contribution in [3.8, 4) is 5.75 Å². The zero-order chi connectivity index (χ0) is 12.8. The number of nitrogens with two attached hydrogens (primary N) is 1. The van der Waals surface area contributed by atoms with E-state index >= 15 is 0 Å². The minimum absolute atomic E-state index is 0.0882. The van der Waals surface area contributed by atoms with E-state index in [2.05, 4.69) is 0 Å². The number of rotatable bonds is 5. The number of hydrogen-bond donors (Lipinski definition) is 1. The Morgan fingerprint density at radius 1 is 1.47 bits per heavy atom. The molecule has 1 aromatic carbocycles. The Morgan fingerprint density at radius 2 is 2.18 bits per heavy atom. The van der Waals surface area contributed by atoms with Crippen molar-refractivity contribution in [2.75, 3.05) is 12.8 Å². The van der Waals surface area contributed by atoms with Gasteiger partial charge in [0.25, 0.3) is 0 Å². The summed E-state index contributed by atoms with van der Waals surface area (Å²) in [6.45, 7) is 3.93. The fraction of sp³-hybridized carbons (Fsp3) is 0.462. The lowest BCUT2D eigenvalue weighted by molar-refractivity contribution is 0.0320. The molecule has 0 aromatic heterocycles. The zero-order valence-electron chi connectivity index (χ0n) is 10.5. The minimum atomic E-state index is -0.372. The first-order valence-corrected chi connectivity index (χ1v) is 5.73. The van der Waals surface area contributed by atoms with Gasteiger partial charge in [-0.15, -0.1) is 0 Å². The Kier molecular flexibility index (Phi) is 4.82. The average molecular weight is 237 g/mol. The van der Waals surface area contributed by atoms with Crippen LogP contribution in [0.5, 0.6) is 5.75 Å². The quantitative estimate of drug-likeness (QED) is 0.631. The van der Waals surface area contributed by atoms with Gasteiger partial charge in [0, 0.05) is 11.8 Å². The Balaban J connectivity index is 2.81. The van der Waals surface area contributed by atoms with Crippen molar-refractivity contribution in [3.63, 3.8) is 0 Å². The van der Waals surface area contributed by atoms with Crippen molar-refractivity contribution in [1.82, 2.24) is 0 Å². The summed E-state index contributed by atoms with van der Waals surface area (Å²) < 4.78 is 10.4. The van der Waals surface area contributed by atoms with Gasteiger partial charge in [-0.05, 0) is 25.5 Å². The van der Waals surface area contributed by atoms with Crippen LogP contribution in [0.4, 0.5) is 5.69 Å². The molecule has 1 unspecified atom stereocenters. The molecule has 0 aliphatic heterocycles. The van der Waals surface area contributed by atoms with Crippen LogP contribution in [0.3, 0.4) is 0 Å². The van der Waals surface area contributed by atoms with Gasteiger partial charge < -0.3 is 15.2 Å². The molecular weight excluding hydrogens is 218 g/mol. The van der Waals surface area contributed by atoms with Crippen LogP contribution in [-0.2, 0) is 4.74 Å². The lowest BCUT2D eigenvalue weighted by atomic mass is 10.1. The van der Waals surface area contributed by atoms with Crippen LogP contribution in [0, 0.1) is 0 Å². The summed E-state index contributed by atoms with van der Waals surface area (Å²) >= 11 is 0. The van der Waals surface area contributed by atoms with Gasteiger partial charge in [0.2, 0.25) is 0 Å². The van der Waals surface area contributed by atoms with Crippen LogP contribution >= 0.6 is 0 Å². The number of hydrogen-bond acceptors (Lipinski definition) is 4.